The van der Waals surface area contributed by atoms with Crippen molar-refractivity contribution < 1.29 is 0 Å². The minimum Gasteiger partial charge on any atom is -0.229 e. The van der Waals surface area contributed by atoms with E-state index >= 15 is 0 Å². The fourth-order valence-electron chi connectivity index (χ4n) is 0.957. The van der Waals surface area contributed by atoms with Gasteiger partial charge in [0.25, 0.3) is 0 Å². The minimum atomic E-state index is 0.490. The largest absolute Gasteiger partial charge is 0.229 e. The Kier molecular flexibility index (Phi) is 4.35. The molecule has 0 fully saturated rings. The number of pyridine rings is 2. The molecule has 0 aliphatic rings. The molecule has 2 aromatic rings. The quantitative estimate of drug-likeness (QED) is 0.610. The van der Waals surface area contributed by atoms with E-state index in [0.29, 0.717) is 10.3 Å². The van der Waals surface area contributed by atoms with Crippen molar-refractivity contribution in [2.24, 2.45) is 0 Å². The van der Waals surface area contributed by atoms with Crippen LogP contribution in [0.4, 0.5) is 0 Å². The Morgan fingerprint density at radius 3 is 1.56 bits per heavy atom. The fraction of sp³-hybridized carbons (Fsp3) is 0. The van der Waals surface area contributed by atoms with Gasteiger partial charge in [0.15, 0.2) is 0 Å². The van der Waals surface area contributed by atoms with Crippen molar-refractivity contribution in [1.82, 2.24) is 9.97 Å². The van der Waals surface area contributed by atoms with E-state index in [1.807, 2.05) is 24.3 Å². The molecule has 2 rings (SSSR count). The van der Waals surface area contributed by atoms with Crippen LogP contribution in [0.1, 0.15) is 0 Å². The fourth-order valence-corrected chi connectivity index (χ4v) is 3.16. The maximum absolute atomic E-state index is 5.78. The second-order valence-corrected chi connectivity index (χ2v) is 5.71. The first kappa shape index (κ1) is 12.0. The highest BCUT2D eigenvalue weighted by atomic mass is 35.5. The summed E-state index contributed by atoms with van der Waals surface area (Å²) >= 11 is 11.6. The third kappa shape index (κ3) is 3.56. The van der Waals surface area contributed by atoms with Gasteiger partial charge in [0.1, 0.15) is 20.4 Å². The maximum Gasteiger partial charge on any atom is 0.130 e. The number of aromatic nitrogens is 2. The molecular weight excluding hydrogens is 283 g/mol. The second kappa shape index (κ2) is 5.77. The van der Waals surface area contributed by atoms with E-state index in [2.05, 4.69) is 9.97 Å². The minimum absolute atomic E-state index is 0.490. The molecule has 2 aromatic heterocycles. The van der Waals surface area contributed by atoms with Crippen molar-refractivity contribution in [3.8, 4) is 0 Å². The van der Waals surface area contributed by atoms with E-state index in [-0.39, 0.29) is 0 Å². The second-order valence-electron chi connectivity index (χ2n) is 2.76. The molecule has 0 amide bonds. The molecule has 0 aromatic carbocycles. The molecule has 0 radical (unpaired) electrons. The number of hydrogen-bond acceptors (Lipinski definition) is 4. The van der Waals surface area contributed by atoms with Gasteiger partial charge in [0.05, 0.1) is 0 Å². The topological polar surface area (TPSA) is 25.8 Å². The smallest absolute Gasteiger partial charge is 0.130 e. The first-order valence-electron chi connectivity index (χ1n) is 4.34. The molecule has 2 heterocycles. The third-order valence-corrected chi connectivity index (χ3v) is 4.17. The Balaban J connectivity index is 2.02. The Morgan fingerprint density at radius 1 is 0.750 bits per heavy atom. The first-order valence-corrected chi connectivity index (χ1v) is 7.24. The standard InChI is InChI=1S/C10H6Cl2N2S2/c11-7-3-1-5-9(13-7)15-16-10-6-2-4-8(12)14-10/h1-6H. The summed E-state index contributed by atoms with van der Waals surface area (Å²) in [6.07, 6.45) is 0. The molecule has 16 heavy (non-hydrogen) atoms. The van der Waals surface area contributed by atoms with E-state index in [1.54, 1.807) is 12.1 Å². The highest BCUT2D eigenvalue weighted by Crippen LogP contribution is 2.35. The van der Waals surface area contributed by atoms with Gasteiger partial charge in [-0.15, -0.1) is 0 Å². The van der Waals surface area contributed by atoms with Crippen molar-refractivity contribution in [3.05, 3.63) is 46.7 Å². The van der Waals surface area contributed by atoms with E-state index in [0.717, 1.165) is 10.1 Å². The van der Waals surface area contributed by atoms with Gasteiger partial charge in [-0.1, -0.05) is 35.3 Å². The van der Waals surface area contributed by atoms with Gasteiger partial charge in [-0.3, -0.25) is 0 Å². The molecule has 0 unspecified atom stereocenters. The monoisotopic (exact) mass is 288 g/mol. The van der Waals surface area contributed by atoms with Crippen molar-refractivity contribution in [3.63, 3.8) is 0 Å². The Morgan fingerprint density at radius 2 is 1.19 bits per heavy atom. The summed E-state index contributed by atoms with van der Waals surface area (Å²) in [6.45, 7) is 0. The SMILES string of the molecule is Clc1cccc(SSc2cccc(Cl)n2)n1. The lowest BCUT2D eigenvalue weighted by atomic mass is 10.5. The molecule has 0 atom stereocenters. The molecule has 0 N–H and O–H groups in total. The van der Waals surface area contributed by atoms with Gasteiger partial charge in [-0.25, -0.2) is 9.97 Å². The zero-order chi connectivity index (χ0) is 11.4. The van der Waals surface area contributed by atoms with Crippen molar-refractivity contribution in [2.45, 2.75) is 10.1 Å². The molecule has 0 saturated carbocycles. The molecule has 6 heteroatoms. The Labute approximate surface area is 111 Å². The van der Waals surface area contributed by atoms with Gasteiger partial charge < -0.3 is 0 Å². The summed E-state index contributed by atoms with van der Waals surface area (Å²) in [5.74, 6) is 0. The lowest BCUT2D eigenvalue weighted by molar-refractivity contribution is 1.14. The van der Waals surface area contributed by atoms with E-state index < -0.39 is 0 Å². The van der Waals surface area contributed by atoms with Crippen molar-refractivity contribution in [2.75, 3.05) is 0 Å². The van der Waals surface area contributed by atoms with Crippen LogP contribution in [-0.2, 0) is 0 Å². The maximum atomic E-state index is 5.78. The van der Waals surface area contributed by atoms with Crippen molar-refractivity contribution >= 4 is 44.8 Å². The number of halogens is 2. The van der Waals surface area contributed by atoms with Crippen LogP contribution in [0.25, 0.3) is 0 Å². The van der Waals surface area contributed by atoms with Gasteiger partial charge in [-0.2, -0.15) is 0 Å². The van der Waals surface area contributed by atoms with Crippen LogP contribution in [0.2, 0.25) is 10.3 Å². The van der Waals surface area contributed by atoms with Crippen LogP contribution in [0, 0.1) is 0 Å². The van der Waals surface area contributed by atoms with Crippen LogP contribution in [-0.4, -0.2) is 9.97 Å². The summed E-state index contributed by atoms with van der Waals surface area (Å²) in [4.78, 5) is 8.31. The summed E-state index contributed by atoms with van der Waals surface area (Å²) in [5.41, 5.74) is 0. The molecule has 0 saturated heterocycles. The molecule has 82 valence electrons. The lowest BCUT2D eigenvalue weighted by Gasteiger charge is -2.00. The zero-order valence-electron chi connectivity index (χ0n) is 7.93. The predicted molar refractivity (Wildman–Crippen MR) is 70.2 cm³/mol. The van der Waals surface area contributed by atoms with E-state index in [9.17, 15) is 0 Å². The van der Waals surface area contributed by atoms with E-state index in [4.69, 9.17) is 23.2 Å². The molecule has 0 aliphatic carbocycles. The summed E-state index contributed by atoms with van der Waals surface area (Å²) in [7, 11) is 2.99. The molecule has 0 aliphatic heterocycles. The Bertz CT molecular complexity index is 448. The predicted octanol–water partition coefficient (Wildman–Crippen LogP) is 4.58. The van der Waals surface area contributed by atoms with E-state index in [1.165, 1.54) is 21.6 Å². The third-order valence-electron chi connectivity index (χ3n) is 1.59. The van der Waals surface area contributed by atoms with Gasteiger partial charge >= 0.3 is 0 Å². The first-order chi connectivity index (χ1) is 7.74. The molecule has 2 nitrogen and oxygen atoms in total. The highest BCUT2D eigenvalue weighted by molar-refractivity contribution is 8.76. The summed E-state index contributed by atoms with van der Waals surface area (Å²) in [6, 6.07) is 11.0. The average molecular weight is 289 g/mol. The Hall–Kier alpha value is -0.420. The molecule has 0 bridgehead atoms. The van der Waals surface area contributed by atoms with Crippen LogP contribution >= 0.6 is 44.8 Å². The molecule has 0 spiro atoms. The lowest BCUT2D eigenvalue weighted by Crippen LogP contribution is -1.79. The highest BCUT2D eigenvalue weighted by Gasteiger charge is 2.01. The average Bonchev–Trinajstić information content (AvgIpc) is 2.27. The zero-order valence-corrected chi connectivity index (χ0v) is 11.1. The van der Waals surface area contributed by atoms with Crippen LogP contribution in [0.3, 0.4) is 0 Å². The van der Waals surface area contributed by atoms with Gasteiger partial charge in [0, 0.05) is 0 Å². The van der Waals surface area contributed by atoms with Gasteiger partial charge in [0.2, 0.25) is 0 Å². The summed E-state index contributed by atoms with van der Waals surface area (Å²) < 4.78 is 0. The molecular formula is C10H6Cl2N2S2. The number of nitrogens with zero attached hydrogens (tertiary/aromatic N) is 2. The summed E-state index contributed by atoms with van der Waals surface area (Å²) in [5, 5.41) is 2.67. The number of hydrogen-bond donors (Lipinski definition) is 0. The van der Waals surface area contributed by atoms with Gasteiger partial charge in [-0.05, 0) is 45.9 Å². The van der Waals surface area contributed by atoms with Crippen LogP contribution in [0.15, 0.2) is 46.5 Å². The van der Waals surface area contributed by atoms with Crippen LogP contribution < -0.4 is 0 Å². The van der Waals surface area contributed by atoms with Crippen LogP contribution in [0.5, 0.6) is 0 Å². The number of rotatable bonds is 3. The van der Waals surface area contributed by atoms with Crippen molar-refractivity contribution in [1.29, 1.82) is 0 Å². The normalized spacial score (nSPS) is 10.4.